The number of carbonyl (C=O) groups is 3. The van der Waals surface area contributed by atoms with Crippen LogP contribution in [0.4, 0.5) is 5.69 Å². The highest BCUT2D eigenvalue weighted by atomic mass is 35.5. The van der Waals surface area contributed by atoms with E-state index >= 15 is 0 Å². The molecule has 0 saturated carbocycles. The summed E-state index contributed by atoms with van der Waals surface area (Å²) in [6, 6.07) is 6.98. The topological polar surface area (TPSA) is 78.5 Å². The van der Waals surface area contributed by atoms with E-state index in [9.17, 15) is 14.4 Å². The van der Waals surface area contributed by atoms with Crippen LogP contribution in [0.5, 0.6) is 0 Å². The molecule has 0 atom stereocenters. The molecule has 1 aliphatic rings. The van der Waals surface area contributed by atoms with Crippen molar-refractivity contribution < 1.29 is 14.4 Å². The summed E-state index contributed by atoms with van der Waals surface area (Å²) in [5.74, 6) is -0.0322. The Labute approximate surface area is 159 Å². The van der Waals surface area contributed by atoms with Gasteiger partial charge in [-0.05, 0) is 44.9 Å². The fourth-order valence-corrected chi connectivity index (χ4v) is 2.91. The second-order valence-electron chi connectivity index (χ2n) is 7.32. The summed E-state index contributed by atoms with van der Waals surface area (Å²) in [5, 5.41) is 5.71. The molecule has 0 aliphatic carbocycles. The van der Waals surface area contributed by atoms with Crippen molar-refractivity contribution in [2.45, 2.75) is 39.7 Å². The van der Waals surface area contributed by atoms with E-state index < -0.39 is 5.41 Å². The number of hydrogen-bond donors (Lipinski definition) is 2. The van der Waals surface area contributed by atoms with Gasteiger partial charge in [-0.1, -0.05) is 6.07 Å². The molecule has 2 N–H and O–H groups in total. The Kier molecular flexibility index (Phi) is 6.64. The van der Waals surface area contributed by atoms with Gasteiger partial charge in [-0.3, -0.25) is 14.4 Å². The van der Waals surface area contributed by atoms with Crippen LogP contribution in [-0.4, -0.2) is 47.6 Å². The zero-order valence-electron chi connectivity index (χ0n) is 15.5. The largest absolute Gasteiger partial charge is 0.353 e. The van der Waals surface area contributed by atoms with Crippen LogP contribution in [0.3, 0.4) is 0 Å². The van der Waals surface area contributed by atoms with E-state index in [2.05, 4.69) is 10.6 Å². The molecule has 0 radical (unpaired) electrons. The Bertz CT molecular complexity index is 682. The highest BCUT2D eigenvalue weighted by molar-refractivity contribution is 6.19. The summed E-state index contributed by atoms with van der Waals surface area (Å²) in [7, 11) is 0. The van der Waals surface area contributed by atoms with Crippen LogP contribution in [0.15, 0.2) is 24.3 Å². The van der Waals surface area contributed by atoms with E-state index in [0.717, 1.165) is 0 Å². The summed E-state index contributed by atoms with van der Waals surface area (Å²) in [6.45, 7) is 6.22. The van der Waals surface area contributed by atoms with Gasteiger partial charge in [0, 0.05) is 43.2 Å². The fraction of sp³-hybridized carbons (Fsp3) is 0.526. The maximum absolute atomic E-state index is 12.7. The molecule has 7 heteroatoms. The number of hydrogen-bond acceptors (Lipinski definition) is 3. The number of piperidine rings is 1. The average molecular weight is 380 g/mol. The molecule has 1 fully saturated rings. The van der Waals surface area contributed by atoms with Gasteiger partial charge in [-0.15, -0.1) is 11.6 Å². The smallest absolute Gasteiger partial charge is 0.253 e. The maximum Gasteiger partial charge on any atom is 0.253 e. The number of likely N-dealkylation sites (tertiary alicyclic amines) is 1. The van der Waals surface area contributed by atoms with Gasteiger partial charge in [-0.25, -0.2) is 0 Å². The SMILES string of the molecule is CC(=O)Nc1cccc(C(=O)N2CCC(NC(=O)C(C)(C)CCl)CC2)c1. The lowest BCUT2D eigenvalue weighted by Gasteiger charge is -2.34. The minimum absolute atomic E-state index is 0.0553. The van der Waals surface area contributed by atoms with Crippen LogP contribution in [0.2, 0.25) is 0 Å². The first kappa shape index (κ1) is 20.2. The number of anilines is 1. The number of nitrogens with one attached hydrogen (secondary N) is 2. The van der Waals surface area contributed by atoms with Crippen LogP contribution >= 0.6 is 11.6 Å². The van der Waals surface area contributed by atoms with Gasteiger partial charge < -0.3 is 15.5 Å². The maximum atomic E-state index is 12.7. The van der Waals surface area contributed by atoms with Gasteiger partial charge in [-0.2, -0.15) is 0 Å². The summed E-state index contributed by atoms with van der Waals surface area (Å²) < 4.78 is 0. The van der Waals surface area contributed by atoms with Crippen molar-refractivity contribution in [3.8, 4) is 0 Å². The van der Waals surface area contributed by atoms with Gasteiger partial charge in [0.2, 0.25) is 11.8 Å². The Hall–Kier alpha value is -2.08. The lowest BCUT2D eigenvalue weighted by atomic mass is 9.93. The number of amides is 3. The fourth-order valence-electron chi connectivity index (χ4n) is 2.78. The van der Waals surface area contributed by atoms with E-state index in [1.807, 2.05) is 13.8 Å². The van der Waals surface area contributed by atoms with Gasteiger partial charge in [0.15, 0.2) is 0 Å². The number of rotatable bonds is 5. The Morgan fingerprint density at radius 1 is 1.23 bits per heavy atom. The lowest BCUT2D eigenvalue weighted by Crippen LogP contribution is -2.49. The minimum atomic E-state index is -0.599. The number of nitrogens with zero attached hydrogens (tertiary/aromatic N) is 1. The summed E-state index contributed by atoms with van der Waals surface area (Å²) >= 11 is 5.84. The molecule has 0 bridgehead atoms. The molecule has 1 aromatic carbocycles. The Morgan fingerprint density at radius 3 is 2.46 bits per heavy atom. The molecule has 26 heavy (non-hydrogen) atoms. The molecule has 1 heterocycles. The standard InChI is InChI=1S/C19H26ClN3O3/c1-13(24)21-16-6-4-5-14(11-16)17(25)23-9-7-15(8-10-23)22-18(26)19(2,3)12-20/h4-6,11,15H,7-10,12H2,1-3H3,(H,21,24)(H,22,26). The molecule has 1 aromatic rings. The first-order chi connectivity index (χ1) is 12.2. The molecule has 0 aromatic heterocycles. The number of halogens is 1. The molecular formula is C19H26ClN3O3. The number of alkyl halides is 1. The summed E-state index contributed by atoms with van der Waals surface area (Å²) in [5.41, 5.74) is 0.550. The molecular weight excluding hydrogens is 354 g/mol. The van der Waals surface area contributed by atoms with Crippen molar-refractivity contribution >= 4 is 35.0 Å². The number of benzene rings is 1. The molecule has 142 valence electrons. The predicted molar refractivity (Wildman–Crippen MR) is 102 cm³/mol. The third kappa shape index (κ3) is 5.21. The second-order valence-corrected chi connectivity index (χ2v) is 7.59. The average Bonchev–Trinajstić information content (AvgIpc) is 2.61. The normalized spacial score (nSPS) is 15.5. The molecule has 6 nitrogen and oxygen atoms in total. The van der Waals surface area contributed by atoms with Crippen molar-refractivity contribution in [3.05, 3.63) is 29.8 Å². The van der Waals surface area contributed by atoms with Gasteiger partial charge in [0.25, 0.3) is 5.91 Å². The highest BCUT2D eigenvalue weighted by Crippen LogP contribution is 2.20. The van der Waals surface area contributed by atoms with Crippen molar-refractivity contribution in [1.82, 2.24) is 10.2 Å². The molecule has 0 spiro atoms. The quantitative estimate of drug-likeness (QED) is 0.772. The van der Waals surface area contributed by atoms with Crippen LogP contribution in [0.1, 0.15) is 44.0 Å². The third-order valence-corrected chi connectivity index (χ3v) is 5.16. The summed E-state index contributed by atoms with van der Waals surface area (Å²) in [6.07, 6.45) is 1.42. The monoisotopic (exact) mass is 379 g/mol. The van der Waals surface area contributed by atoms with E-state index in [1.165, 1.54) is 6.92 Å². The highest BCUT2D eigenvalue weighted by Gasteiger charge is 2.30. The van der Waals surface area contributed by atoms with E-state index in [4.69, 9.17) is 11.6 Å². The molecule has 1 saturated heterocycles. The molecule has 2 rings (SSSR count). The first-order valence-electron chi connectivity index (χ1n) is 8.77. The zero-order chi connectivity index (χ0) is 19.3. The molecule has 0 unspecified atom stereocenters. The lowest BCUT2D eigenvalue weighted by molar-refractivity contribution is -0.129. The minimum Gasteiger partial charge on any atom is -0.353 e. The van der Waals surface area contributed by atoms with E-state index in [1.54, 1.807) is 29.2 Å². The van der Waals surface area contributed by atoms with Crippen molar-refractivity contribution in [2.75, 3.05) is 24.3 Å². The molecule has 3 amide bonds. The van der Waals surface area contributed by atoms with Crippen molar-refractivity contribution in [2.24, 2.45) is 5.41 Å². The summed E-state index contributed by atoms with van der Waals surface area (Å²) in [4.78, 5) is 37.8. The van der Waals surface area contributed by atoms with Crippen LogP contribution in [0.25, 0.3) is 0 Å². The second kappa shape index (κ2) is 8.54. The van der Waals surface area contributed by atoms with Gasteiger partial charge in [0.1, 0.15) is 0 Å². The van der Waals surface area contributed by atoms with Crippen LogP contribution < -0.4 is 10.6 Å². The Balaban J connectivity index is 1.92. The number of carbonyl (C=O) groups excluding carboxylic acids is 3. The van der Waals surface area contributed by atoms with Crippen LogP contribution in [0, 0.1) is 5.41 Å². The van der Waals surface area contributed by atoms with Crippen molar-refractivity contribution in [3.63, 3.8) is 0 Å². The van der Waals surface area contributed by atoms with Gasteiger partial charge in [0.05, 0.1) is 5.41 Å². The third-order valence-electron chi connectivity index (χ3n) is 4.50. The zero-order valence-corrected chi connectivity index (χ0v) is 16.2. The van der Waals surface area contributed by atoms with Crippen LogP contribution in [-0.2, 0) is 9.59 Å². The van der Waals surface area contributed by atoms with E-state index in [0.29, 0.717) is 37.2 Å². The molecule has 1 aliphatic heterocycles. The van der Waals surface area contributed by atoms with Gasteiger partial charge >= 0.3 is 0 Å². The Morgan fingerprint density at radius 2 is 1.88 bits per heavy atom. The predicted octanol–water partition coefficient (Wildman–Crippen LogP) is 2.63. The van der Waals surface area contributed by atoms with Crippen molar-refractivity contribution in [1.29, 1.82) is 0 Å². The van der Waals surface area contributed by atoms with E-state index in [-0.39, 0.29) is 29.6 Å². The first-order valence-corrected chi connectivity index (χ1v) is 9.30.